The van der Waals surface area contributed by atoms with Gasteiger partial charge in [0.1, 0.15) is 12.1 Å². The van der Waals surface area contributed by atoms with E-state index in [4.69, 9.17) is 16.0 Å². The number of hydrogen-bond donors (Lipinski definition) is 3. The Morgan fingerprint density at radius 1 is 1.39 bits per heavy atom. The number of oxime groups is 1. The van der Waals surface area contributed by atoms with Crippen molar-refractivity contribution >= 4 is 34.0 Å². The van der Waals surface area contributed by atoms with E-state index in [1.165, 1.54) is 0 Å². The van der Waals surface area contributed by atoms with Crippen molar-refractivity contribution in [3.63, 3.8) is 0 Å². The maximum absolute atomic E-state index is 12.1. The van der Waals surface area contributed by atoms with Gasteiger partial charge >= 0.3 is 16.4 Å². The Morgan fingerprint density at radius 2 is 2.04 bits per heavy atom. The molecule has 0 aromatic carbocycles. The molecule has 2 atom stereocenters. The number of hydroxylamine groups is 2. The number of rotatable bonds is 6. The van der Waals surface area contributed by atoms with Crippen molar-refractivity contribution in [1.29, 1.82) is 0 Å². The number of hydrogen-bond acceptors (Lipinski definition) is 8. The average molecular weight is 351 g/mol. The first-order valence-electron chi connectivity index (χ1n) is 6.13. The molecule has 128 valence electrons. The van der Waals surface area contributed by atoms with Crippen LogP contribution in [0.5, 0.6) is 0 Å². The van der Waals surface area contributed by atoms with E-state index >= 15 is 0 Å². The summed E-state index contributed by atoms with van der Waals surface area (Å²) in [5.41, 5.74) is 10.1. The van der Waals surface area contributed by atoms with Crippen molar-refractivity contribution in [2.24, 2.45) is 16.6 Å². The molecule has 0 aromatic rings. The second-order valence-corrected chi connectivity index (χ2v) is 5.73. The third-order valence-electron chi connectivity index (χ3n) is 3.14. The molecule has 0 radical (unpaired) electrons. The van der Waals surface area contributed by atoms with Crippen LogP contribution in [-0.4, -0.2) is 71.7 Å². The van der Waals surface area contributed by atoms with Gasteiger partial charge in [0.25, 0.3) is 5.91 Å². The van der Waals surface area contributed by atoms with Gasteiger partial charge in [0.2, 0.25) is 5.91 Å². The number of carbonyl (C=O) groups is 3. The van der Waals surface area contributed by atoms with Gasteiger partial charge < -0.3 is 21.2 Å². The second-order valence-electron chi connectivity index (χ2n) is 4.72. The van der Waals surface area contributed by atoms with Crippen molar-refractivity contribution in [3.8, 4) is 0 Å². The highest BCUT2D eigenvalue weighted by molar-refractivity contribution is 7.80. The molecule has 2 heterocycles. The van der Waals surface area contributed by atoms with E-state index in [9.17, 15) is 22.8 Å². The average Bonchev–Trinajstić information content (AvgIpc) is 2.65. The van der Waals surface area contributed by atoms with E-state index in [1.54, 1.807) is 0 Å². The van der Waals surface area contributed by atoms with E-state index in [0.717, 1.165) is 4.90 Å². The first-order chi connectivity index (χ1) is 10.6. The number of amides is 4. The fourth-order valence-corrected chi connectivity index (χ4v) is 2.63. The van der Waals surface area contributed by atoms with Crippen molar-refractivity contribution < 1.29 is 36.5 Å². The summed E-state index contributed by atoms with van der Waals surface area (Å²) in [6, 6.07) is -3.14. The standard InChI is InChI=1S/C9H13N5O8S/c10-7(15)3-21-12-4-1-5(8(11)16)13-2-6(4)14(9(13)17)22-23(18,19)20/h5-6H,1-3H2,(H2,10,15)(H2,11,16)(H,18,19,20)/t5-,6-/m0/s1. The Bertz CT molecular complexity index is 675. The number of urea groups is 1. The Kier molecular flexibility index (Phi) is 4.39. The van der Waals surface area contributed by atoms with Gasteiger partial charge in [0.15, 0.2) is 6.61 Å². The van der Waals surface area contributed by atoms with Crippen molar-refractivity contribution in [2.75, 3.05) is 13.2 Å². The number of primary amides is 2. The van der Waals surface area contributed by atoms with Crippen LogP contribution in [0.4, 0.5) is 4.79 Å². The fourth-order valence-electron chi connectivity index (χ4n) is 2.26. The zero-order chi connectivity index (χ0) is 17.4. The Morgan fingerprint density at radius 3 is 2.57 bits per heavy atom. The van der Waals surface area contributed by atoms with E-state index < -0.39 is 46.9 Å². The molecule has 13 nitrogen and oxygen atoms in total. The Hall–Kier alpha value is -2.45. The van der Waals surface area contributed by atoms with Gasteiger partial charge in [-0.3, -0.25) is 14.1 Å². The molecule has 2 aliphatic rings. The topological polar surface area (TPSA) is 195 Å². The van der Waals surface area contributed by atoms with E-state index in [2.05, 4.69) is 14.3 Å². The number of nitrogens with zero attached hydrogens (tertiary/aromatic N) is 3. The van der Waals surface area contributed by atoms with E-state index in [1.807, 2.05) is 0 Å². The molecule has 2 rings (SSSR count). The lowest BCUT2D eigenvalue weighted by molar-refractivity contribution is -0.123. The van der Waals surface area contributed by atoms with Crippen LogP contribution < -0.4 is 11.5 Å². The van der Waals surface area contributed by atoms with Crippen molar-refractivity contribution in [3.05, 3.63) is 0 Å². The summed E-state index contributed by atoms with van der Waals surface area (Å²) in [4.78, 5) is 39.8. The highest BCUT2D eigenvalue weighted by Gasteiger charge is 2.52. The third kappa shape index (κ3) is 3.66. The summed E-state index contributed by atoms with van der Waals surface area (Å²) in [5.74, 6) is -1.67. The van der Waals surface area contributed by atoms with Gasteiger partial charge in [-0.05, 0) is 0 Å². The maximum Gasteiger partial charge on any atom is 0.418 e. The molecule has 0 spiro atoms. The first kappa shape index (κ1) is 16.9. The smallest absolute Gasteiger partial charge is 0.386 e. The van der Waals surface area contributed by atoms with Gasteiger partial charge in [-0.15, -0.1) is 4.28 Å². The van der Waals surface area contributed by atoms with Crippen LogP contribution in [0, 0.1) is 0 Å². The predicted octanol–water partition coefficient (Wildman–Crippen LogP) is -3.06. The van der Waals surface area contributed by atoms with Crippen LogP contribution >= 0.6 is 0 Å². The summed E-state index contributed by atoms with van der Waals surface area (Å²) < 4.78 is 34.6. The lowest BCUT2D eigenvalue weighted by atomic mass is 9.98. The number of fused-ring (bicyclic) bond motifs is 2. The second kappa shape index (κ2) is 5.98. The predicted molar refractivity (Wildman–Crippen MR) is 70.5 cm³/mol. The monoisotopic (exact) mass is 351 g/mol. The Balaban J connectivity index is 2.30. The minimum atomic E-state index is -4.98. The van der Waals surface area contributed by atoms with Crippen LogP contribution in [0.25, 0.3) is 0 Å². The molecule has 0 saturated carbocycles. The molecular weight excluding hydrogens is 338 g/mol. The number of carbonyl (C=O) groups excluding carboxylic acids is 3. The summed E-state index contributed by atoms with van der Waals surface area (Å²) in [6.07, 6.45) is -0.157. The summed E-state index contributed by atoms with van der Waals surface area (Å²) in [5, 5.41) is 3.92. The molecule has 4 amide bonds. The van der Waals surface area contributed by atoms with Gasteiger partial charge in [0.05, 0.1) is 12.3 Å². The minimum absolute atomic E-state index is 0.0285. The highest BCUT2D eigenvalue weighted by atomic mass is 32.3. The zero-order valence-electron chi connectivity index (χ0n) is 11.5. The molecule has 2 fully saturated rings. The van der Waals surface area contributed by atoms with Crippen LogP contribution in [0.2, 0.25) is 0 Å². The fraction of sp³-hybridized carbons (Fsp3) is 0.556. The quantitative estimate of drug-likeness (QED) is 0.331. The molecule has 0 aliphatic carbocycles. The largest absolute Gasteiger partial charge is 0.418 e. The molecule has 14 heteroatoms. The van der Waals surface area contributed by atoms with Crippen molar-refractivity contribution in [1.82, 2.24) is 9.96 Å². The molecule has 23 heavy (non-hydrogen) atoms. The molecule has 5 N–H and O–H groups in total. The van der Waals surface area contributed by atoms with Gasteiger partial charge in [-0.1, -0.05) is 5.16 Å². The first-order valence-corrected chi connectivity index (χ1v) is 7.50. The van der Waals surface area contributed by atoms with Crippen LogP contribution in [0.3, 0.4) is 0 Å². The van der Waals surface area contributed by atoms with E-state index in [0.29, 0.717) is 5.06 Å². The van der Waals surface area contributed by atoms with E-state index in [-0.39, 0.29) is 18.7 Å². The van der Waals surface area contributed by atoms with Gasteiger partial charge in [-0.25, -0.2) is 4.79 Å². The summed E-state index contributed by atoms with van der Waals surface area (Å²) in [7, 11) is -4.98. The molecule has 2 bridgehead atoms. The van der Waals surface area contributed by atoms with Crippen LogP contribution in [0.15, 0.2) is 5.16 Å². The van der Waals surface area contributed by atoms with Crippen LogP contribution in [-0.2, 0) is 29.1 Å². The Labute approximate surface area is 129 Å². The zero-order valence-corrected chi connectivity index (χ0v) is 12.3. The third-order valence-corrected chi connectivity index (χ3v) is 3.49. The SMILES string of the molecule is NC(=O)CON=C1C[C@@H](C(N)=O)N2C[C@@H]1N(OS(=O)(=O)O)C2=O. The van der Waals surface area contributed by atoms with Gasteiger partial charge in [-0.2, -0.15) is 13.5 Å². The molecule has 0 unspecified atom stereocenters. The number of nitrogens with two attached hydrogens (primary N) is 2. The maximum atomic E-state index is 12.1. The minimum Gasteiger partial charge on any atom is -0.386 e. The molecule has 2 aliphatic heterocycles. The highest BCUT2D eigenvalue weighted by Crippen LogP contribution is 2.29. The summed E-state index contributed by atoms with van der Waals surface area (Å²) in [6.45, 7) is -0.727. The molecule has 2 saturated heterocycles. The van der Waals surface area contributed by atoms with Crippen molar-refractivity contribution in [2.45, 2.75) is 18.5 Å². The summed E-state index contributed by atoms with van der Waals surface area (Å²) >= 11 is 0. The normalized spacial score (nSPS) is 25.8. The lowest BCUT2D eigenvalue weighted by Crippen LogP contribution is -2.51. The molecular formula is C9H13N5O8S. The van der Waals surface area contributed by atoms with Gasteiger partial charge in [0, 0.05) is 6.42 Å². The lowest BCUT2D eigenvalue weighted by Gasteiger charge is -2.28. The van der Waals surface area contributed by atoms with Crippen LogP contribution in [0.1, 0.15) is 6.42 Å². The molecule has 0 aromatic heterocycles. The number of piperidine rings is 1.